The lowest BCUT2D eigenvalue weighted by molar-refractivity contribution is -0.140. The molecule has 1 aromatic rings. The molecule has 142 valence electrons. The lowest BCUT2D eigenvalue weighted by atomic mass is 10.1. The number of aliphatic hydroxyl groups excluding tert-OH is 1. The van der Waals surface area contributed by atoms with E-state index in [0.29, 0.717) is 12.1 Å². The van der Waals surface area contributed by atoms with Crippen molar-refractivity contribution < 1.29 is 14.6 Å². The topological polar surface area (TPSA) is 59.4 Å². The highest BCUT2D eigenvalue weighted by molar-refractivity contribution is 5.69. The highest BCUT2D eigenvalue weighted by Gasteiger charge is 2.00. The van der Waals surface area contributed by atoms with Crippen molar-refractivity contribution in [2.24, 2.45) is 0 Å². The number of rotatable bonds is 11. The molecule has 26 heavy (non-hydrogen) atoms. The highest BCUT2D eigenvalue weighted by Crippen LogP contribution is 2.10. The Labute approximate surface area is 157 Å². The van der Waals surface area contributed by atoms with Crippen molar-refractivity contribution in [2.75, 3.05) is 7.11 Å². The van der Waals surface area contributed by atoms with Crippen molar-refractivity contribution in [1.29, 1.82) is 0 Å². The normalized spacial score (nSPS) is 11.8. The van der Waals surface area contributed by atoms with Crippen LogP contribution in [0.4, 0.5) is 0 Å². The summed E-state index contributed by atoms with van der Waals surface area (Å²) in [6.07, 6.45) is 12.1. The lowest BCUT2D eigenvalue weighted by Crippen LogP contribution is -2.01. The van der Waals surface area contributed by atoms with E-state index >= 15 is 0 Å². The van der Waals surface area contributed by atoms with Crippen molar-refractivity contribution >= 4 is 12.0 Å². The maximum Gasteiger partial charge on any atom is 0.306 e. The van der Waals surface area contributed by atoms with Gasteiger partial charge in [0.05, 0.1) is 25.3 Å². The largest absolute Gasteiger partial charge is 0.469 e. The van der Waals surface area contributed by atoms with Crippen LogP contribution >= 0.6 is 0 Å². The van der Waals surface area contributed by atoms with E-state index in [-0.39, 0.29) is 12.4 Å². The number of aliphatic hydroxyl groups is 1. The van der Waals surface area contributed by atoms with Crippen molar-refractivity contribution in [2.45, 2.75) is 70.8 Å². The summed E-state index contributed by atoms with van der Waals surface area (Å²) in [7, 11) is 1.37. The summed E-state index contributed by atoms with van der Waals surface area (Å²) in [6, 6.07) is 5.60. The van der Waals surface area contributed by atoms with Gasteiger partial charge in [0, 0.05) is 6.42 Å². The fraction of sp³-hybridized carbons (Fsp3) is 0.545. The third-order valence-electron chi connectivity index (χ3n) is 4.01. The number of pyridine rings is 1. The van der Waals surface area contributed by atoms with Gasteiger partial charge in [-0.05, 0) is 30.6 Å². The molecule has 0 bridgehead atoms. The highest BCUT2D eigenvalue weighted by atomic mass is 16.5. The first-order valence-corrected chi connectivity index (χ1v) is 9.54. The quantitative estimate of drug-likeness (QED) is 0.360. The van der Waals surface area contributed by atoms with Gasteiger partial charge in [0.25, 0.3) is 0 Å². The molecule has 1 atom stereocenters. The minimum absolute atomic E-state index is 0.261. The average molecular weight is 357 g/mol. The summed E-state index contributed by atoms with van der Waals surface area (Å²) in [4.78, 5) is 15.5. The van der Waals surface area contributed by atoms with Crippen LogP contribution < -0.4 is 0 Å². The Morgan fingerprint density at radius 1 is 1.27 bits per heavy atom. The Balaban J connectivity index is 2.38. The SMILES string of the molecule is CCCCCCCC[C@H](O)/C=C/c1cccc(C#CCCC(=O)OC)n1. The van der Waals surface area contributed by atoms with Gasteiger partial charge in [0.2, 0.25) is 0 Å². The van der Waals surface area contributed by atoms with E-state index in [1.54, 1.807) is 6.08 Å². The molecule has 0 amide bonds. The van der Waals surface area contributed by atoms with Gasteiger partial charge in [0.1, 0.15) is 5.69 Å². The van der Waals surface area contributed by atoms with Crippen LogP contribution in [-0.4, -0.2) is 29.3 Å². The van der Waals surface area contributed by atoms with Gasteiger partial charge in [0.15, 0.2) is 0 Å². The number of ether oxygens (including phenoxy) is 1. The zero-order valence-corrected chi connectivity index (χ0v) is 16.0. The molecule has 1 N–H and O–H groups in total. The van der Waals surface area contributed by atoms with Crippen molar-refractivity contribution in [1.82, 2.24) is 4.98 Å². The Morgan fingerprint density at radius 2 is 2.04 bits per heavy atom. The number of hydrogen-bond donors (Lipinski definition) is 1. The predicted molar refractivity (Wildman–Crippen MR) is 105 cm³/mol. The Kier molecular flexibility index (Phi) is 11.9. The first-order valence-electron chi connectivity index (χ1n) is 9.54. The fourth-order valence-corrected chi connectivity index (χ4v) is 2.47. The summed E-state index contributed by atoms with van der Waals surface area (Å²) in [5.41, 5.74) is 1.43. The molecule has 0 aliphatic heterocycles. The third-order valence-corrected chi connectivity index (χ3v) is 4.01. The molecule has 0 unspecified atom stereocenters. The van der Waals surface area contributed by atoms with Crippen LogP contribution in [0.1, 0.15) is 76.1 Å². The van der Waals surface area contributed by atoms with Gasteiger partial charge >= 0.3 is 5.97 Å². The van der Waals surface area contributed by atoms with Gasteiger partial charge in [-0.15, -0.1) is 0 Å². The number of hydrogen-bond acceptors (Lipinski definition) is 4. The lowest BCUT2D eigenvalue weighted by Gasteiger charge is -2.05. The second kappa shape index (κ2) is 14.1. The van der Waals surface area contributed by atoms with Crippen molar-refractivity contribution in [3.63, 3.8) is 0 Å². The van der Waals surface area contributed by atoms with E-state index in [2.05, 4.69) is 28.5 Å². The Bertz CT molecular complexity index is 613. The molecule has 0 aliphatic carbocycles. The molecule has 1 aromatic heterocycles. The zero-order valence-electron chi connectivity index (χ0n) is 16.0. The minimum Gasteiger partial charge on any atom is -0.469 e. The van der Waals surface area contributed by atoms with Gasteiger partial charge in [-0.3, -0.25) is 4.79 Å². The van der Waals surface area contributed by atoms with Gasteiger partial charge in [-0.25, -0.2) is 4.98 Å². The summed E-state index contributed by atoms with van der Waals surface area (Å²) < 4.78 is 4.57. The van der Waals surface area contributed by atoms with Crippen molar-refractivity contribution in [3.8, 4) is 11.8 Å². The molecule has 0 spiro atoms. The van der Waals surface area contributed by atoms with Gasteiger partial charge in [-0.2, -0.15) is 0 Å². The number of esters is 1. The van der Waals surface area contributed by atoms with Crippen LogP contribution in [0.15, 0.2) is 24.3 Å². The van der Waals surface area contributed by atoms with Crippen LogP contribution in [-0.2, 0) is 9.53 Å². The maximum absolute atomic E-state index is 11.0. The summed E-state index contributed by atoms with van der Waals surface area (Å²) >= 11 is 0. The van der Waals surface area contributed by atoms with Crippen LogP contribution in [0.5, 0.6) is 0 Å². The van der Waals surface area contributed by atoms with Crippen LogP contribution in [0.3, 0.4) is 0 Å². The predicted octanol–water partition coefficient (Wildman–Crippen LogP) is 4.51. The number of nitrogens with zero attached hydrogens (tertiary/aromatic N) is 1. The molecule has 4 heteroatoms. The fourth-order valence-electron chi connectivity index (χ4n) is 2.47. The number of carbonyl (C=O) groups excluding carboxylic acids is 1. The van der Waals surface area contributed by atoms with Crippen LogP contribution in [0.25, 0.3) is 6.08 Å². The van der Waals surface area contributed by atoms with Crippen LogP contribution in [0.2, 0.25) is 0 Å². The van der Waals surface area contributed by atoms with E-state index < -0.39 is 6.10 Å². The van der Waals surface area contributed by atoms with E-state index in [4.69, 9.17) is 0 Å². The molecule has 0 aromatic carbocycles. The summed E-state index contributed by atoms with van der Waals surface area (Å²) in [6.45, 7) is 2.21. The average Bonchev–Trinajstić information content (AvgIpc) is 2.66. The number of methoxy groups -OCH3 is 1. The first-order chi connectivity index (χ1) is 12.7. The van der Waals surface area contributed by atoms with E-state index in [1.165, 1.54) is 39.2 Å². The van der Waals surface area contributed by atoms with Gasteiger partial charge < -0.3 is 9.84 Å². The van der Waals surface area contributed by atoms with E-state index in [0.717, 1.165) is 18.5 Å². The second-order valence-electron chi connectivity index (χ2n) is 6.31. The van der Waals surface area contributed by atoms with E-state index in [1.807, 2.05) is 24.3 Å². The smallest absolute Gasteiger partial charge is 0.306 e. The Morgan fingerprint density at radius 3 is 2.81 bits per heavy atom. The molecule has 4 nitrogen and oxygen atoms in total. The zero-order chi connectivity index (χ0) is 19.0. The summed E-state index contributed by atoms with van der Waals surface area (Å²) in [5, 5.41) is 10.0. The second-order valence-corrected chi connectivity index (χ2v) is 6.31. The molecular formula is C22H31NO3. The standard InChI is InChI=1S/C22H31NO3/c1-3-4-5-6-7-8-15-21(24)18-17-20-14-11-13-19(23-20)12-9-10-16-22(25)26-2/h11,13-14,17-18,21,24H,3-8,10,15-16H2,1-2H3/b18-17+/t21-/m0/s1. The maximum atomic E-state index is 11.0. The molecule has 0 fully saturated rings. The van der Waals surface area contributed by atoms with Gasteiger partial charge in [-0.1, -0.05) is 63.5 Å². The number of unbranched alkanes of at least 4 members (excludes halogenated alkanes) is 5. The summed E-state index contributed by atoms with van der Waals surface area (Å²) in [5.74, 6) is 5.61. The molecule has 0 radical (unpaired) electrons. The minimum atomic E-state index is -0.433. The Hall–Kier alpha value is -2.12. The molecule has 0 saturated heterocycles. The monoisotopic (exact) mass is 357 g/mol. The third kappa shape index (κ3) is 10.7. The van der Waals surface area contributed by atoms with E-state index in [9.17, 15) is 9.90 Å². The first kappa shape index (κ1) is 21.9. The molecule has 1 rings (SSSR count). The molecular weight excluding hydrogens is 326 g/mol. The number of aromatic nitrogens is 1. The van der Waals surface area contributed by atoms with Crippen molar-refractivity contribution in [3.05, 3.63) is 35.7 Å². The molecule has 1 heterocycles. The van der Waals surface area contributed by atoms with Crippen LogP contribution in [0, 0.1) is 11.8 Å². The molecule has 0 saturated carbocycles. The molecule has 0 aliphatic rings. The number of carbonyl (C=O) groups is 1.